The average Bonchev–Trinajstić information content (AvgIpc) is 3.21. The summed E-state index contributed by atoms with van der Waals surface area (Å²) in [6.45, 7) is 2.62. The van der Waals surface area contributed by atoms with Crippen LogP contribution in [0.15, 0.2) is 40.9 Å². The number of carbonyl (C=O) groups excluding carboxylic acids is 1. The third kappa shape index (κ3) is 3.39. The van der Waals surface area contributed by atoms with Crippen LogP contribution < -0.4 is 0 Å². The maximum Gasteiger partial charge on any atom is 0.191 e. The molecule has 4 nitrogen and oxygen atoms in total. The van der Waals surface area contributed by atoms with Crippen LogP contribution in [-0.2, 0) is 6.54 Å². The summed E-state index contributed by atoms with van der Waals surface area (Å²) in [5.41, 5.74) is -0.120. The van der Waals surface area contributed by atoms with Gasteiger partial charge < -0.3 is 4.57 Å². The Hall–Kier alpha value is -2.06. The largest absolute Gasteiger partial charge is 0.302 e. The van der Waals surface area contributed by atoms with Crippen molar-refractivity contribution in [1.29, 1.82) is 0 Å². The molecule has 124 valence electrons. The number of thiophene rings is 1. The van der Waals surface area contributed by atoms with Crippen molar-refractivity contribution in [2.45, 2.75) is 18.6 Å². The van der Waals surface area contributed by atoms with Crippen LogP contribution in [0, 0.1) is 11.6 Å². The SMILES string of the molecule is CCn1c(SCC(=O)c2ccc(F)cc2F)nnc1-c1cccs1. The molecule has 0 saturated heterocycles. The van der Waals surface area contributed by atoms with Crippen LogP contribution in [0.1, 0.15) is 17.3 Å². The predicted octanol–water partition coefficient (Wildman–Crippen LogP) is 4.28. The van der Waals surface area contributed by atoms with Gasteiger partial charge >= 0.3 is 0 Å². The molecule has 0 atom stereocenters. The Labute approximate surface area is 145 Å². The molecule has 2 aromatic heterocycles. The molecular weight excluding hydrogens is 352 g/mol. The minimum Gasteiger partial charge on any atom is -0.302 e. The number of rotatable bonds is 6. The topological polar surface area (TPSA) is 47.8 Å². The van der Waals surface area contributed by atoms with E-state index in [1.807, 2.05) is 29.0 Å². The molecule has 0 amide bonds. The molecule has 3 aromatic rings. The quantitative estimate of drug-likeness (QED) is 0.483. The van der Waals surface area contributed by atoms with E-state index in [-0.39, 0.29) is 11.3 Å². The third-order valence-corrected chi connectivity index (χ3v) is 5.17. The number of nitrogens with zero attached hydrogens (tertiary/aromatic N) is 3. The van der Waals surface area contributed by atoms with Gasteiger partial charge in [-0.15, -0.1) is 21.5 Å². The molecule has 3 rings (SSSR count). The van der Waals surface area contributed by atoms with E-state index in [2.05, 4.69) is 10.2 Å². The molecular formula is C16H13F2N3OS2. The Morgan fingerprint density at radius 1 is 1.29 bits per heavy atom. The average molecular weight is 365 g/mol. The minimum atomic E-state index is -0.850. The molecule has 0 bridgehead atoms. The highest BCUT2D eigenvalue weighted by Crippen LogP contribution is 2.27. The van der Waals surface area contributed by atoms with Crippen molar-refractivity contribution >= 4 is 28.9 Å². The number of ketones is 1. The molecule has 24 heavy (non-hydrogen) atoms. The summed E-state index contributed by atoms with van der Waals surface area (Å²) in [5, 5.41) is 10.8. The number of halogens is 2. The second-order valence-corrected chi connectivity index (χ2v) is 6.75. The van der Waals surface area contributed by atoms with E-state index in [9.17, 15) is 13.6 Å². The van der Waals surface area contributed by atoms with E-state index >= 15 is 0 Å². The van der Waals surface area contributed by atoms with Crippen LogP contribution in [0.25, 0.3) is 10.7 Å². The van der Waals surface area contributed by atoms with Crippen molar-refractivity contribution in [3.8, 4) is 10.7 Å². The first-order valence-electron chi connectivity index (χ1n) is 7.18. The lowest BCUT2D eigenvalue weighted by Crippen LogP contribution is -2.07. The molecule has 0 N–H and O–H groups in total. The van der Waals surface area contributed by atoms with Crippen LogP contribution in [0.4, 0.5) is 8.78 Å². The van der Waals surface area contributed by atoms with Crippen molar-refractivity contribution in [1.82, 2.24) is 14.8 Å². The Balaban J connectivity index is 1.76. The lowest BCUT2D eigenvalue weighted by molar-refractivity contribution is 0.101. The highest BCUT2D eigenvalue weighted by Gasteiger charge is 2.17. The number of hydrogen-bond donors (Lipinski definition) is 0. The van der Waals surface area contributed by atoms with E-state index in [0.717, 1.165) is 22.8 Å². The second-order valence-electron chi connectivity index (χ2n) is 4.86. The number of aromatic nitrogens is 3. The van der Waals surface area contributed by atoms with E-state index in [0.29, 0.717) is 17.8 Å². The number of Topliss-reactive ketones (excluding diaryl/α,β-unsaturated/α-hetero) is 1. The van der Waals surface area contributed by atoms with Gasteiger partial charge in [0.1, 0.15) is 11.6 Å². The summed E-state index contributed by atoms with van der Waals surface area (Å²) in [6, 6.07) is 6.83. The van der Waals surface area contributed by atoms with Crippen LogP contribution in [0.2, 0.25) is 0 Å². The van der Waals surface area contributed by atoms with Crippen molar-refractivity contribution in [2.75, 3.05) is 5.75 Å². The normalized spacial score (nSPS) is 11.0. The monoisotopic (exact) mass is 365 g/mol. The van der Waals surface area contributed by atoms with Gasteiger partial charge in [-0.25, -0.2) is 8.78 Å². The zero-order valence-electron chi connectivity index (χ0n) is 12.7. The summed E-state index contributed by atoms with van der Waals surface area (Å²) in [4.78, 5) is 13.1. The van der Waals surface area contributed by atoms with E-state index in [1.54, 1.807) is 11.3 Å². The predicted molar refractivity (Wildman–Crippen MR) is 90.4 cm³/mol. The van der Waals surface area contributed by atoms with Crippen molar-refractivity contribution < 1.29 is 13.6 Å². The minimum absolute atomic E-state index is 0.00509. The highest BCUT2D eigenvalue weighted by molar-refractivity contribution is 7.99. The van der Waals surface area contributed by atoms with Gasteiger partial charge in [-0.1, -0.05) is 17.8 Å². The zero-order valence-corrected chi connectivity index (χ0v) is 14.3. The van der Waals surface area contributed by atoms with Gasteiger partial charge in [-0.05, 0) is 30.5 Å². The maximum atomic E-state index is 13.7. The molecule has 0 fully saturated rings. The van der Waals surface area contributed by atoms with Crippen molar-refractivity contribution in [3.05, 3.63) is 52.9 Å². The molecule has 8 heteroatoms. The number of hydrogen-bond acceptors (Lipinski definition) is 5. The van der Waals surface area contributed by atoms with Crippen molar-refractivity contribution in [2.24, 2.45) is 0 Å². The molecule has 0 saturated carbocycles. The van der Waals surface area contributed by atoms with Gasteiger partial charge in [0.25, 0.3) is 0 Å². The number of thioether (sulfide) groups is 1. The highest BCUT2D eigenvalue weighted by atomic mass is 32.2. The summed E-state index contributed by atoms with van der Waals surface area (Å²) < 4.78 is 28.5. The fourth-order valence-electron chi connectivity index (χ4n) is 2.19. The molecule has 0 aliphatic rings. The summed E-state index contributed by atoms with van der Waals surface area (Å²) in [6.07, 6.45) is 0. The molecule has 0 aliphatic heterocycles. The van der Waals surface area contributed by atoms with Crippen LogP contribution >= 0.6 is 23.1 Å². The third-order valence-electron chi connectivity index (χ3n) is 3.34. The van der Waals surface area contributed by atoms with Gasteiger partial charge in [0.2, 0.25) is 0 Å². The first-order chi connectivity index (χ1) is 11.6. The van der Waals surface area contributed by atoms with Gasteiger partial charge in [0.05, 0.1) is 16.2 Å². The molecule has 0 spiro atoms. The molecule has 0 aliphatic carbocycles. The maximum absolute atomic E-state index is 13.7. The van der Waals surface area contributed by atoms with Gasteiger partial charge in [-0.2, -0.15) is 0 Å². The van der Waals surface area contributed by atoms with Gasteiger partial charge in [0.15, 0.2) is 16.8 Å². The fraction of sp³-hybridized carbons (Fsp3) is 0.188. The first-order valence-corrected chi connectivity index (χ1v) is 9.04. The van der Waals surface area contributed by atoms with Crippen LogP contribution in [0.5, 0.6) is 0 Å². The Morgan fingerprint density at radius 2 is 2.12 bits per heavy atom. The van der Waals surface area contributed by atoms with E-state index in [4.69, 9.17) is 0 Å². The van der Waals surface area contributed by atoms with Gasteiger partial charge in [0, 0.05) is 12.6 Å². The summed E-state index contributed by atoms with van der Waals surface area (Å²) >= 11 is 2.75. The lowest BCUT2D eigenvalue weighted by Gasteiger charge is -2.06. The lowest BCUT2D eigenvalue weighted by atomic mass is 10.1. The first kappa shape index (κ1) is 16.8. The van der Waals surface area contributed by atoms with Crippen molar-refractivity contribution in [3.63, 3.8) is 0 Å². The van der Waals surface area contributed by atoms with E-state index < -0.39 is 17.4 Å². The molecule has 0 unspecified atom stereocenters. The summed E-state index contributed by atoms with van der Waals surface area (Å²) in [7, 11) is 0. The van der Waals surface area contributed by atoms with Crippen LogP contribution in [-0.4, -0.2) is 26.3 Å². The summed E-state index contributed by atoms with van der Waals surface area (Å²) in [5.74, 6) is -1.22. The van der Waals surface area contributed by atoms with E-state index in [1.165, 1.54) is 11.8 Å². The smallest absolute Gasteiger partial charge is 0.191 e. The van der Waals surface area contributed by atoms with Crippen LogP contribution in [0.3, 0.4) is 0 Å². The molecule has 1 aromatic carbocycles. The zero-order chi connectivity index (χ0) is 17.1. The number of carbonyl (C=O) groups is 1. The molecule has 2 heterocycles. The van der Waals surface area contributed by atoms with Gasteiger partial charge in [-0.3, -0.25) is 4.79 Å². The number of benzene rings is 1. The Morgan fingerprint density at radius 3 is 2.79 bits per heavy atom. The Kier molecular flexibility index (Phi) is 5.06. The fourth-order valence-corrected chi connectivity index (χ4v) is 3.80. The second kappa shape index (κ2) is 7.23. The molecule has 0 radical (unpaired) electrons. The standard InChI is InChI=1S/C16H13F2N3OS2/c1-2-21-15(14-4-3-7-23-14)19-20-16(21)24-9-13(22)11-6-5-10(17)8-12(11)18/h3-8H,2,9H2,1H3. The Bertz CT molecular complexity index is 862.